The Morgan fingerprint density at radius 1 is 1.14 bits per heavy atom. The molecule has 0 saturated heterocycles. The van der Waals surface area contributed by atoms with Crippen molar-refractivity contribution in [1.82, 2.24) is 14.5 Å². The first-order chi connectivity index (χ1) is 9.91. The van der Waals surface area contributed by atoms with Gasteiger partial charge in [0.25, 0.3) is 5.56 Å². The molecule has 0 aliphatic heterocycles. The second kappa shape index (κ2) is 6.10. The van der Waals surface area contributed by atoms with E-state index in [2.05, 4.69) is 31.3 Å². The molecule has 112 valence electrons. The van der Waals surface area contributed by atoms with E-state index in [4.69, 9.17) is 0 Å². The van der Waals surface area contributed by atoms with Gasteiger partial charge in [0, 0.05) is 38.4 Å². The van der Waals surface area contributed by atoms with E-state index >= 15 is 0 Å². The summed E-state index contributed by atoms with van der Waals surface area (Å²) in [4.78, 5) is 23.6. The highest BCUT2D eigenvalue weighted by Gasteiger charge is 2.10. The molecule has 0 radical (unpaired) electrons. The van der Waals surface area contributed by atoms with Gasteiger partial charge in [0.15, 0.2) is 0 Å². The van der Waals surface area contributed by atoms with Crippen LogP contribution in [0.2, 0.25) is 0 Å². The van der Waals surface area contributed by atoms with Crippen molar-refractivity contribution in [3.8, 4) is 0 Å². The SMILES string of the molecule is Cc1ccccc1C(C)NCc1cc(=O)n(C)c(=O)n1C. The fourth-order valence-corrected chi connectivity index (χ4v) is 2.39. The first kappa shape index (κ1) is 15.3. The average Bonchev–Trinajstić information content (AvgIpc) is 2.47. The highest BCUT2D eigenvalue weighted by atomic mass is 16.2. The van der Waals surface area contributed by atoms with Crippen LogP contribution in [0.1, 0.15) is 29.8 Å². The first-order valence-electron chi connectivity index (χ1n) is 6.96. The van der Waals surface area contributed by atoms with Crippen LogP contribution in [0.5, 0.6) is 0 Å². The summed E-state index contributed by atoms with van der Waals surface area (Å²) in [5.41, 5.74) is 2.53. The van der Waals surface area contributed by atoms with E-state index < -0.39 is 0 Å². The van der Waals surface area contributed by atoms with Crippen LogP contribution in [0.4, 0.5) is 0 Å². The van der Waals surface area contributed by atoms with Gasteiger partial charge in [-0.15, -0.1) is 0 Å². The van der Waals surface area contributed by atoms with Crippen molar-refractivity contribution in [2.75, 3.05) is 0 Å². The zero-order valence-corrected chi connectivity index (χ0v) is 12.9. The van der Waals surface area contributed by atoms with Gasteiger partial charge in [0.05, 0.1) is 0 Å². The summed E-state index contributed by atoms with van der Waals surface area (Å²) in [6, 6.07) is 9.81. The number of hydrogen-bond donors (Lipinski definition) is 1. The van der Waals surface area contributed by atoms with Crippen molar-refractivity contribution in [2.45, 2.75) is 26.4 Å². The number of aryl methyl sites for hydroxylation is 1. The van der Waals surface area contributed by atoms with E-state index in [0.29, 0.717) is 12.2 Å². The molecular formula is C16H21N3O2. The van der Waals surface area contributed by atoms with E-state index in [0.717, 1.165) is 4.57 Å². The lowest BCUT2D eigenvalue weighted by atomic mass is 10.0. The number of benzene rings is 1. The molecule has 1 unspecified atom stereocenters. The third-order valence-corrected chi connectivity index (χ3v) is 3.87. The van der Waals surface area contributed by atoms with Crippen molar-refractivity contribution in [3.63, 3.8) is 0 Å². The van der Waals surface area contributed by atoms with Gasteiger partial charge in [0.1, 0.15) is 0 Å². The predicted octanol–water partition coefficient (Wildman–Crippen LogP) is 1.24. The second-order valence-electron chi connectivity index (χ2n) is 5.33. The molecule has 1 aromatic heterocycles. The Balaban J connectivity index is 2.20. The minimum atomic E-state index is -0.303. The minimum Gasteiger partial charge on any atom is -0.305 e. The van der Waals surface area contributed by atoms with Gasteiger partial charge in [-0.3, -0.25) is 13.9 Å². The Morgan fingerprint density at radius 3 is 2.48 bits per heavy atom. The summed E-state index contributed by atoms with van der Waals surface area (Å²) >= 11 is 0. The molecule has 5 heteroatoms. The van der Waals surface area contributed by atoms with Crippen LogP contribution in [-0.4, -0.2) is 9.13 Å². The number of nitrogens with one attached hydrogen (secondary N) is 1. The van der Waals surface area contributed by atoms with E-state index in [1.54, 1.807) is 7.05 Å². The van der Waals surface area contributed by atoms with Crippen molar-refractivity contribution in [1.29, 1.82) is 0 Å². The molecule has 0 spiro atoms. The van der Waals surface area contributed by atoms with Crippen molar-refractivity contribution in [2.24, 2.45) is 14.1 Å². The molecule has 2 rings (SSSR count). The molecule has 1 atom stereocenters. The van der Waals surface area contributed by atoms with Crippen LogP contribution >= 0.6 is 0 Å². The lowest BCUT2D eigenvalue weighted by Gasteiger charge is -2.17. The molecule has 21 heavy (non-hydrogen) atoms. The first-order valence-corrected chi connectivity index (χ1v) is 6.96. The third-order valence-electron chi connectivity index (χ3n) is 3.87. The van der Waals surface area contributed by atoms with E-state index in [1.807, 2.05) is 12.1 Å². The molecule has 0 saturated carbocycles. The quantitative estimate of drug-likeness (QED) is 0.920. The number of nitrogens with zero attached hydrogens (tertiary/aromatic N) is 2. The average molecular weight is 287 g/mol. The molecule has 1 aromatic carbocycles. The molecule has 2 aromatic rings. The largest absolute Gasteiger partial charge is 0.330 e. The molecule has 0 amide bonds. The zero-order chi connectivity index (χ0) is 15.6. The third kappa shape index (κ3) is 3.13. The predicted molar refractivity (Wildman–Crippen MR) is 83.4 cm³/mol. The molecule has 1 heterocycles. The second-order valence-corrected chi connectivity index (χ2v) is 5.33. The van der Waals surface area contributed by atoms with Gasteiger partial charge in [-0.2, -0.15) is 0 Å². The number of aromatic nitrogens is 2. The Bertz CT molecular complexity index is 759. The monoisotopic (exact) mass is 287 g/mol. The van der Waals surface area contributed by atoms with Gasteiger partial charge >= 0.3 is 5.69 Å². The van der Waals surface area contributed by atoms with E-state index in [1.165, 1.54) is 28.8 Å². The number of rotatable bonds is 4. The van der Waals surface area contributed by atoms with Gasteiger partial charge < -0.3 is 5.32 Å². The lowest BCUT2D eigenvalue weighted by Crippen LogP contribution is -2.39. The molecule has 5 nitrogen and oxygen atoms in total. The van der Waals surface area contributed by atoms with Crippen LogP contribution in [-0.2, 0) is 20.6 Å². The van der Waals surface area contributed by atoms with Crippen molar-refractivity contribution in [3.05, 3.63) is 68.0 Å². The van der Waals surface area contributed by atoms with Crippen molar-refractivity contribution < 1.29 is 0 Å². The summed E-state index contributed by atoms with van der Waals surface area (Å²) in [5.74, 6) is 0. The topological polar surface area (TPSA) is 56.0 Å². The molecule has 0 fully saturated rings. The maximum Gasteiger partial charge on any atom is 0.330 e. The summed E-state index contributed by atoms with van der Waals surface area (Å²) < 4.78 is 2.60. The Kier molecular flexibility index (Phi) is 4.43. The smallest absolute Gasteiger partial charge is 0.305 e. The molecule has 0 bridgehead atoms. The standard InChI is InChI=1S/C16H21N3O2/c1-11-7-5-6-8-14(11)12(2)17-10-13-9-15(20)19(4)16(21)18(13)3/h5-9,12,17H,10H2,1-4H3. The maximum absolute atomic E-state index is 11.9. The van der Waals surface area contributed by atoms with Gasteiger partial charge in [-0.05, 0) is 25.0 Å². The Morgan fingerprint density at radius 2 is 1.81 bits per heavy atom. The van der Waals surface area contributed by atoms with Crippen LogP contribution in [0.15, 0.2) is 39.9 Å². The fraction of sp³-hybridized carbons (Fsp3) is 0.375. The maximum atomic E-state index is 11.9. The zero-order valence-electron chi connectivity index (χ0n) is 12.9. The lowest BCUT2D eigenvalue weighted by molar-refractivity contribution is 0.538. The van der Waals surface area contributed by atoms with Crippen LogP contribution in [0.25, 0.3) is 0 Å². The summed E-state index contributed by atoms with van der Waals surface area (Å²) in [5, 5.41) is 3.36. The van der Waals surface area contributed by atoms with E-state index in [-0.39, 0.29) is 17.3 Å². The van der Waals surface area contributed by atoms with Gasteiger partial charge in [-0.1, -0.05) is 24.3 Å². The fourth-order valence-electron chi connectivity index (χ4n) is 2.39. The molecular weight excluding hydrogens is 266 g/mol. The molecule has 0 aliphatic carbocycles. The van der Waals surface area contributed by atoms with Crippen molar-refractivity contribution >= 4 is 0 Å². The Labute approximate surface area is 123 Å². The van der Waals surface area contributed by atoms with Crippen LogP contribution < -0.4 is 16.6 Å². The Hall–Kier alpha value is -2.14. The van der Waals surface area contributed by atoms with Crippen LogP contribution in [0.3, 0.4) is 0 Å². The number of hydrogen-bond acceptors (Lipinski definition) is 3. The molecule has 0 aliphatic rings. The minimum absolute atomic E-state index is 0.144. The van der Waals surface area contributed by atoms with Crippen LogP contribution in [0, 0.1) is 6.92 Å². The summed E-state index contributed by atoms with van der Waals surface area (Å²) in [6.07, 6.45) is 0. The highest BCUT2D eigenvalue weighted by Crippen LogP contribution is 2.16. The van der Waals surface area contributed by atoms with Gasteiger partial charge in [-0.25, -0.2) is 4.79 Å². The van der Waals surface area contributed by atoms with E-state index in [9.17, 15) is 9.59 Å². The summed E-state index contributed by atoms with van der Waals surface area (Å²) in [6.45, 7) is 4.61. The van der Waals surface area contributed by atoms with Gasteiger partial charge in [0.2, 0.25) is 0 Å². The summed E-state index contributed by atoms with van der Waals surface area (Å²) in [7, 11) is 3.16. The highest BCUT2D eigenvalue weighted by molar-refractivity contribution is 5.28. The normalized spacial score (nSPS) is 12.4. The molecule has 1 N–H and O–H groups in total.